The van der Waals surface area contributed by atoms with Crippen molar-refractivity contribution < 1.29 is 4.79 Å². The van der Waals surface area contributed by atoms with Gasteiger partial charge in [-0.15, -0.1) is 0 Å². The van der Waals surface area contributed by atoms with Crippen LogP contribution in [-0.2, 0) is 6.54 Å². The molecule has 7 heteroatoms. The number of nitrogen functional groups attached to an aromatic ring is 1. The summed E-state index contributed by atoms with van der Waals surface area (Å²) in [5.41, 5.74) is 8.42. The van der Waals surface area contributed by atoms with Crippen molar-refractivity contribution in [3.8, 4) is 5.69 Å². The fraction of sp³-hybridized carbons (Fsp3) is 0.235. The number of nitrogens with zero attached hydrogens (tertiary/aromatic N) is 5. The van der Waals surface area contributed by atoms with Crippen LogP contribution in [-0.4, -0.2) is 32.5 Å². The van der Waals surface area contributed by atoms with Crippen LogP contribution in [0.15, 0.2) is 42.6 Å². The minimum atomic E-state index is -0.215. The first-order valence-corrected chi connectivity index (χ1v) is 7.75. The molecule has 0 fully saturated rings. The van der Waals surface area contributed by atoms with Crippen LogP contribution < -0.4 is 10.6 Å². The predicted octanol–water partition coefficient (Wildman–Crippen LogP) is 2.26. The number of aromatic nitrogens is 4. The molecule has 7 nitrogen and oxygen atoms in total. The zero-order chi connectivity index (χ0) is 17.3. The van der Waals surface area contributed by atoms with Crippen LogP contribution in [0.25, 0.3) is 5.69 Å². The number of hydrogen-bond acceptors (Lipinski definition) is 4. The van der Waals surface area contributed by atoms with Crippen molar-refractivity contribution in [3.63, 3.8) is 0 Å². The lowest BCUT2D eigenvalue weighted by Gasteiger charge is -2.19. The van der Waals surface area contributed by atoms with E-state index in [-0.39, 0.29) is 5.91 Å². The van der Waals surface area contributed by atoms with Gasteiger partial charge in [-0.3, -0.25) is 14.4 Å². The van der Waals surface area contributed by atoms with Crippen molar-refractivity contribution in [2.75, 3.05) is 17.7 Å². The van der Waals surface area contributed by atoms with E-state index < -0.39 is 0 Å². The third-order valence-corrected chi connectivity index (χ3v) is 3.95. The van der Waals surface area contributed by atoms with Crippen molar-refractivity contribution in [2.45, 2.75) is 20.4 Å². The first-order chi connectivity index (χ1) is 11.5. The van der Waals surface area contributed by atoms with Crippen LogP contribution in [0.3, 0.4) is 0 Å². The van der Waals surface area contributed by atoms with Gasteiger partial charge in [0.25, 0.3) is 5.91 Å². The second-order valence-corrected chi connectivity index (χ2v) is 5.46. The molecule has 0 saturated carbocycles. The van der Waals surface area contributed by atoms with Gasteiger partial charge >= 0.3 is 0 Å². The average Bonchev–Trinajstić information content (AvgIpc) is 3.20. The van der Waals surface area contributed by atoms with E-state index in [0.29, 0.717) is 29.4 Å². The topological polar surface area (TPSA) is 82.0 Å². The van der Waals surface area contributed by atoms with E-state index in [4.69, 9.17) is 5.73 Å². The Morgan fingerprint density at radius 2 is 1.96 bits per heavy atom. The molecule has 0 spiro atoms. The number of hydrogen-bond donors (Lipinski definition) is 1. The molecule has 0 saturated heterocycles. The molecule has 2 aromatic heterocycles. The van der Waals surface area contributed by atoms with Gasteiger partial charge in [0.1, 0.15) is 11.5 Å². The van der Waals surface area contributed by atoms with Crippen LogP contribution >= 0.6 is 0 Å². The predicted molar refractivity (Wildman–Crippen MR) is 93.3 cm³/mol. The Kier molecular flexibility index (Phi) is 4.07. The standard InChI is InChI=1S/C17H20N6O/c1-4-22-16(15(18)12(2)20-22)17(24)21(3)14-10-11-19-23(14)13-8-6-5-7-9-13/h5-11H,4,18H2,1-3H3. The highest BCUT2D eigenvalue weighted by atomic mass is 16.2. The number of benzene rings is 1. The molecule has 24 heavy (non-hydrogen) atoms. The van der Waals surface area contributed by atoms with E-state index in [1.807, 2.05) is 37.3 Å². The number of carbonyl (C=O) groups excluding carboxylic acids is 1. The Hall–Kier alpha value is -3.09. The number of amides is 1. The molecule has 2 N–H and O–H groups in total. The van der Waals surface area contributed by atoms with Gasteiger partial charge in [0.15, 0.2) is 0 Å². The molecule has 0 aliphatic heterocycles. The SMILES string of the molecule is CCn1nc(C)c(N)c1C(=O)N(C)c1ccnn1-c1ccccc1. The highest BCUT2D eigenvalue weighted by Gasteiger charge is 2.25. The highest BCUT2D eigenvalue weighted by Crippen LogP contribution is 2.23. The lowest BCUT2D eigenvalue weighted by molar-refractivity contribution is 0.0982. The number of rotatable bonds is 4. The molecule has 0 bridgehead atoms. The minimum Gasteiger partial charge on any atom is -0.395 e. The molecule has 0 unspecified atom stereocenters. The van der Waals surface area contributed by atoms with Crippen molar-refractivity contribution >= 4 is 17.4 Å². The quantitative estimate of drug-likeness (QED) is 0.798. The number of carbonyl (C=O) groups is 1. The van der Waals surface area contributed by atoms with E-state index in [9.17, 15) is 4.79 Å². The molecule has 3 rings (SSSR count). The average molecular weight is 324 g/mol. The molecule has 2 heterocycles. The Bertz CT molecular complexity index is 865. The normalized spacial score (nSPS) is 10.8. The Labute approximate surface area is 140 Å². The lowest BCUT2D eigenvalue weighted by atomic mass is 10.2. The summed E-state index contributed by atoms with van der Waals surface area (Å²) in [5, 5.41) is 8.64. The van der Waals surface area contributed by atoms with Crippen molar-refractivity contribution in [1.82, 2.24) is 19.6 Å². The first kappa shape index (κ1) is 15.8. The molecule has 124 valence electrons. The Morgan fingerprint density at radius 1 is 1.25 bits per heavy atom. The van der Waals surface area contributed by atoms with Crippen molar-refractivity contribution in [3.05, 3.63) is 54.0 Å². The summed E-state index contributed by atoms with van der Waals surface area (Å²) >= 11 is 0. The highest BCUT2D eigenvalue weighted by molar-refractivity contribution is 6.07. The monoisotopic (exact) mass is 324 g/mol. The summed E-state index contributed by atoms with van der Waals surface area (Å²) in [5.74, 6) is 0.444. The number of para-hydroxylation sites is 1. The van der Waals surface area contributed by atoms with Crippen LogP contribution in [0.5, 0.6) is 0 Å². The number of nitrogens with two attached hydrogens (primary N) is 1. The molecular weight excluding hydrogens is 304 g/mol. The third kappa shape index (κ3) is 2.54. The lowest BCUT2D eigenvalue weighted by Crippen LogP contribution is -2.31. The van der Waals surface area contributed by atoms with Gasteiger partial charge in [0.05, 0.1) is 23.3 Å². The first-order valence-electron chi connectivity index (χ1n) is 7.75. The second kappa shape index (κ2) is 6.19. The summed E-state index contributed by atoms with van der Waals surface area (Å²) in [4.78, 5) is 14.5. The fourth-order valence-electron chi connectivity index (χ4n) is 2.63. The van der Waals surface area contributed by atoms with Crippen LogP contribution in [0, 0.1) is 6.92 Å². The zero-order valence-electron chi connectivity index (χ0n) is 14.0. The Morgan fingerprint density at radius 3 is 2.62 bits per heavy atom. The maximum absolute atomic E-state index is 13.0. The van der Waals surface area contributed by atoms with Crippen LogP contribution in [0.1, 0.15) is 23.1 Å². The molecule has 1 aromatic carbocycles. The van der Waals surface area contributed by atoms with Gasteiger partial charge in [-0.05, 0) is 26.0 Å². The van der Waals surface area contributed by atoms with Gasteiger partial charge < -0.3 is 5.73 Å². The minimum absolute atomic E-state index is 0.215. The molecule has 1 amide bonds. The summed E-state index contributed by atoms with van der Waals surface area (Å²) in [6.45, 7) is 4.30. The van der Waals surface area contributed by atoms with Crippen LogP contribution in [0.2, 0.25) is 0 Å². The largest absolute Gasteiger partial charge is 0.395 e. The smallest absolute Gasteiger partial charge is 0.279 e. The maximum atomic E-state index is 13.0. The van der Waals surface area contributed by atoms with Gasteiger partial charge in [-0.25, -0.2) is 4.68 Å². The summed E-state index contributed by atoms with van der Waals surface area (Å²) in [6, 6.07) is 11.4. The van der Waals surface area contributed by atoms with Crippen molar-refractivity contribution in [2.24, 2.45) is 0 Å². The molecule has 0 aliphatic carbocycles. The summed E-state index contributed by atoms with van der Waals surface area (Å²) in [6.07, 6.45) is 1.66. The van der Waals surface area contributed by atoms with Gasteiger partial charge in [0.2, 0.25) is 0 Å². The molecule has 0 atom stereocenters. The van der Waals surface area contributed by atoms with E-state index >= 15 is 0 Å². The van der Waals surface area contributed by atoms with E-state index in [0.717, 1.165) is 5.69 Å². The van der Waals surface area contributed by atoms with Crippen LogP contribution in [0.4, 0.5) is 11.5 Å². The molecular formula is C17H20N6O. The second-order valence-electron chi connectivity index (χ2n) is 5.46. The summed E-state index contributed by atoms with van der Waals surface area (Å²) in [7, 11) is 1.71. The maximum Gasteiger partial charge on any atom is 0.279 e. The van der Waals surface area contributed by atoms with Gasteiger partial charge in [-0.1, -0.05) is 18.2 Å². The number of anilines is 2. The van der Waals surface area contributed by atoms with Crippen molar-refractivity contribution in [1.29, 1.82) is 0 Å². The molecule has 0 radical (unpaired) electrons. The zero-order valence-corrected chi connectivity index (χ0v) is 14.0. The third-order valence-electron chi connectivity index (χ3n) is 3.95. The summed E-state index contributed by atoms with van der Waals surface area (Å²) < 4.78 is 3.35. The van der Waals surface area contributed by atoms with E-state index in [1.165, 1.54) is 0 Å². The van der Waals surface area contributed by atoms with Gasteiger partial charge in [-0.2, -0.15) is 10.2 Å². The fourth-order valence-corrected chi connectivity index (χ4v) is 2.63. The molecule has 0 aliphatic rings. The van der Waals surface area contributed by atoms with E-state index in [1.54, 1.807) is 40.5 Å². The van der Waals surface area contributed by atoms with Gasteiger partial charge in [0, 0.05) is 19.7 Å². The van der Waals surface area contributed by atoms with E-state index in [2.05, 4.69) is 10.2 Å². The Balaban J connectivity index is 2.01. The molecule has 3 aromatic rings. The number of aryl methyl sites for hydroxylation is 2.